The molecule has 0 saturated carbocycles. The van der Waals surface area contributed by atoms with E-state index in [0.717, 1.165) is 24.2 Å². The van der Waals surface area contributed by atoms with E-state index in [2.05, 4.69) is 12.1 Å². The van der Waals surface area contributed by atoms with Crippen LogP contribution in [0.25, 0.3) is 0 Å². The fourth-order valence-electron chi connectivity index (χ4n) is 2.78. The van der Waals surface area contributed by atoms with Gasteiger partial charge in [0, 0.05) is 11.1 Å². The second-order valence-corrected chi connectivity index (χ2v) is 5.25. The number of fused-ring (bicyclic) bond motifs is 1. The maximum Gasteiger partial charge on any atom is 0.193 e. The summed E-state index contributed by atoms with van der Waals surface area (Å²) in [5.41, 5.74) is 4.25. The van der Waals surface area contributed by atoms with Crippen molar-refractivity contribution in [1.29, 1.82) is 0 Å². The summed E-state index contributed by atoms with van der Waals surface area (Å²) in [4.78, 5) is 12.5. The zero-order valence-electron chi connectivity index (χ0n) is 11.7. The summed E-state index contributed by atoms with van der Waals surface area (Å²) in [5, 5.41) is 0. The number of aryl methyl sites for hydroxylation is 2. The maximum absolute atomic E-state index is 12.5. The molecule has 0 radical (unpaired) electrons. The number of carbonyl (C=O) groups excluding carboxylic acids is 1. The number of rotatable bonds is 3. The van der Waals surface area contributed by atoms with Crippen molar-refractivity contribution in [2.45, 2.75) is 25.7 Å². The van der Waals surface area contributed by atoms with E-state index in [9.17, 15) is 4.79 Å². The molecule has 2 aromatic carbocycles. The average Bonchev–Trinajstić information content (AvgIpc) is 2.54. The van der Waals surface area contributed by atoms with Gasteiger partial charge in [-0.15, -0.1) is 0 Å². The Labute approximate surface area is 119 Å². The molecule has 0 saturated heterocycles. The predicted molar refractivity (Wildman–Crippen MR) is 79.5 cm³/mol. The zero-order chi connectivity index (χ0) is 13.9. The van der Waals surface area contributed by atoms with Gasteiger partial charge in [0.2, 0.25) is 0 Å². The SMILES string of the molecule is COc1ccc(C(=O)c2ccc3c(c2)CCCC3)cc1. The molecule has 20 heavy (non-hydrogen) atoms. The Morgan fingerprint density at radius 3 is 2.25 bits per heavy atom. The Bertz CT molecular complexity index is 626. The van der Waals surface area contributed by atoms with Crippen LogP contribution in [0.15, 0.2) is 42.5 Å². The topological polar surface area (TPSA) is 26.3 Å². The minimum Gasteiger partial charge on any atom is -0.497 e. The summed E-state index contributed by atoms with van der Waals surface area (Å²) in [7, 11) is 1.63. The fraction of sp³-hybridized carbons (Fsp3) is 0.278. The molecule has 2 heteroatoms. The highest BCUT2D eigenvalue weighted by Gasteiger charge is 2.14. The van der Waals surface area contributed by atoms with Crippen molar-refractivity contribution < 1.29 is 9.53 Å². The van der Waals surface area contributed by atoms with E-state index in [1.54, 1.807) is 7.11 Å². The summed E-state index contributed by atoms with van der Waals surface area (Å²) in [6, 6.07) is 13.4. The summed E-state index contributed by atoms with van der Waals surface area (Å²) in [6.45, 7) is 0. The molecule has 0 N–H and O–H groups in total. The minimum atomic E-state index is 0.0843. The summed E-state index contributed by atoms with van der Waals surface area (Å²) < 4.78 is 5.12. The monoisotopic (exact) mass is 266 g/mol. The molecule has 102 valence electrons. The van der Waals surface area contributed by atoms with E-state index in [1.165, 1.54) is 24.0 Å². The second kappa shape index (κ2) is 5.49. The normalized spacial score (nSPS) is 13.7. The largest absolute Gasteiger partial charge is 0.497 e. The van der Waals surface area contributed by atoms with Crippen molar-refractivity contribution in [2.75, 3.05) is 7.11 Å². The van der Waals surface area contributed by atoms with Crippen molar-refractivity contribution >= 4 is 5.78 Å². The summed E-state index contributed by atoms with van der Waals surface area (Å²) >= 11 is 0. The van der Waals surface area contributed by atoms with Crippen LogP contribution in [0.3, 0.4) is 0 Å². The first-order valence-electron chi connectivity index (χ1n) is 7.08. The minimum absolute atomic E-state index is 0.0843. The first-order valence-corrected chi connectivity index (χ1v) is 7.08. The van der Waals surface area contributed by atoms with Crippen LogP contribution in [0, 0.1) is 0 Å². The highest BCUT2D eigenvalue weighted by Crippen LogP contribution is 2.23. The molecule has 0 bridgehead atoms. The van der Waals surface area contributed by atoms with Crippen LogP contribution >= 0.6 is 0 Å². The van der Waals surface area contributed by atoms with Gasteiger partial charge in [-0.3, -0.25) is 4.79 Å². The van der Waals surface area contributed by atoms with Crippen molar-refractivity contribution in [1.82, 2.24) is 0 Å². The van der Waals surface area contributed by atoms with Gasteiger partial charge in [-0.05, 0) is 67.1 Å². The quantitative estimate of drug-likeness (QED) is 0.790. The molecular weight excluding hydrogens is 248 g/mol. The first-order chi connectivity index (χ1) is 9.78. The molecule has 3 rings (SSSR count). The Kier molecular flexibility index (Phi) is 3.55. The third kappa shape index (κ3) is 2.46. The van der Waals surface area contributed by atoms with Crippen molar-refractivity contribution in [3.63, 3.8) is 0 Å². The molecule has 2 nitrogen and oxygen atoms in total. The average molecular weight is 266 g/mol. The highest BCUT2D eigenvalue weighted by molar-refractivity contribution is 6.09. The van der Waals surface area contributed by atoms with Crippen LogP contribution in [-0.2, 0) is 12.8 Å². The van der Waals surface area contributed by atoms with E-state index < -0.39 is 0 Å². The number of benzene rings is 2. The van der Waals surface area contributed by atoms with E-state index in [-0.39, 0.29) is 5.78 Å². The van der Waals surface area contributed by atoms with Crippen LogP contribution in [0.4, 0.5) is 0 Å². The highest BCUT2D eigenvalue weighted by atomic mass is 16.5. The Hall–Kier alpha value is -2.09. The molecule has 0 spiro atoms. The fourth-order valence-corrected chi connectivity index (χ4v) is 2.78. The second-order valence-electron chi connectivity index (χ2n) is 5.25. The predicted octanol–water partition coefficient (Wildman–Crippen LogP) is 3.81. The lowest BCUT2D eigenvalue weighted by Gasteiger charge is -2.16. The molecule has 0 fully saturated rings. The van der Waals surface area contributed by atoms with Gasteiger partial charge < -0.3 is 4.74 Å². The summed E-state index contributed by atoms with van der Waals surface area (Å²) in [5.74, 6) is 0.855. The van der Waals surface area contributed by atoms with E-state index >= 15 is 0 Å². The Morgan fingerprint density at radius 2 is 1.55 bits per heavy atom. The first kappa shape index (κ1) is 12.9. The van der Waals surface area contributed by atoms with Crippen molar-refractivity contribution in [2.24, 2.45) is 0 Å². The molecule has 0 unspecified atom stereocenters. The van der Waals surface area contributed by atoms with Gasteiger partial charge >= 0.3 is 0 Å². The Morgan fingerprint density at radius 1 is 0.900 bits per heavy atom. The molecule has 0 aliphatic heterocycles. The van der Waals surface area contributed by atoms with Crippen LogP contribution in [0.1, 0.15) is 39.9 Å². The van der Waals surface area contributed by atoms with E-state index in [4.69, 9.17) is 4.74 Å². The molecule has 1 aliphatic carbocycles. The van der Waals surface area contributed by atoms with Gasteiger partial charge in [0.05, 0.1) is 7.11 Å². The number of ketones is 1. The molecule has 0 aromatic heterocycles. The van der Waals surface area contributed by atoms with Crippen LogP contribution in [0.5, 0.6) is 5.75 Å². The van der Waals surface area contributed by atoms with Crippen molar-refractivity contribution in [3.8, 4) is 5.75 Å². The van der Waals surface area contributed by atoms with E-state index in [1.807, 2.05) is 30.3 Å². The van der Waals surface area contributed by atoms with Gasteiger partial charge in [0.25, 0.3) is 0 Å². The zero-order valence-corrected chi connectivity index (χ0v) is 11.7. The smallest absolute Gasteiger partial charge is 0.193 e. The van der Waals surface area contributed by atoms with Gasteiger partial charge in [-0.2, -0.15) is 0 Å². The number of carbonyl (C=O) groups is 1. The number of hydrogen-bond acceptors (Lipinski definition) is 2. The maximum atomic E-state index is 12.5. The molecular formula is C18H18O2. The van der Waals surface area contributed by atoms with Crippen LogP contribution < -0.4 is 4.74 Å². The van der Waals surface area contributed by atoms with Crippen LogP contribution in [-0.4, -0.2) is 12.9 Å². The van der Waals surface area contributed by atoms with E-state index in [0.29, 0.717) is 5.56 Å². The molecule has 0 heterocycles. The summed E-state index contributed by atoms with van der Waals surface area (Å²) in [6.07, 6.45) is 4.73. The third-order valence-electron chi connectivity index (χ3n) is 3.96. The molecule has 0 amide bonds. The molecule has 2 aromatic rings. The lowest BCUT2D eigenvalue weighted by Crippen LogP contribution is -2.07. The lowest BCUT2D eigenvalue weighted by atomic mass is 9.89. The standard InChI is InChI=1S/C18H18O2/c1-20-17-10-8-14(9-11-17)18(19)16-7-6-13-4-2-3-5-15(13)12-16/h6-12H,2-5H2,1H3. The Balaban J connectivity index is 1.89. The van der Waals surface area contributed by atoms with Gasteiger partial charge in [-0.25, -0.2) is 0 Å². The van der Waals surface area contributed by atoms with Crippen molar-refractivity contribution in [3.05, 3.63) is 64.7 Å². The molecule has 1 aliphatic rings. The lowest BCUT2D eigenvalue weighted by molar-refractivity contribution is 0.103. The number of methoxy groups -OCH3 is 1. The van der Waals surface area contributed by atoms with Crippen LogP contribution in [0.2, 0.25) is 0 Å². The van der Waals surface area contributed by atoms with Gasteiger partial charge in [0.15, 0.2) is 5.78 Å². The van der Waals surface area contributed by atoms with Gasteiger partial charge in [-0.1, -0.05) is 12.1 Å². The number of ether oxygens (including phenoxy) is 1. The third-order valence-corrected chi connectivity index (χ3v) is 3.96. The van der Waals surface area contributed by atoms with Gasteiger partial charge in [0.1, 0.15) is 5.75 Å². The number of hydrogen-bond donors (Lipinski definition) is 0. The molecule has 0 atom stereocenters.